The van der Waals surface area contributed by atoms with Crippen LogP contribution in [0.4, 0.5) is 0 Å². The Morgan fingerprint density at radius 3 is 2.69 bits per heavy atom. The van der Waals surface area contributed by atoms with Crippen molar-refractivity contribution in [3.05, 3.63) is 68.5 Å². The first kappa shape index (κ1) is 21.7. The largest absolute Gasteiger partial charge is 0.469 e. The van der Waals surface area contributed by atoms with Crippen molar-refractivity contribution in [1.82, 2.24) is 9.55 Å². The number of benzene rings is 1. The summed E-state index contributed by atoms with van der Waals surface area (Å²) in [7, 11) is -4.74. The Labute approximate surface area is 169 Å². The lowest BCUT2D eigenvalue weighted by Crippen LogP contribution is -2.33. The van der Waals surface area contributed by atoms with Crippen molar-refractivity contribution >= 4 is 24.7 Å². The molecule has 1 aliphatic heterocycles. The summed E-state index contributed by atoms with van der Waals surface area (Å²) in [6, 6.07) is 8.52. The molecule has 1 aromatic heterocycles. The molecule has 2 aromatic rings. The van der Waals surface area contributed by atoms with Crippen LogP contribution < -0.4 is 11.2 Å². The molecule has 0 unspecified atom stereocenters. The predicted molar refractivity (Wildman–Crippen MR) is 105 cm³/mol. The zero-order chi connectivity index (χ0) is 21.2. The standard InChI is InChI=1S/C17H19N2O8PS/c1-10-8-19(17(22)18-15(10)20)14-7-13(12(27-14)9-26-28(23,24)25)29-16(21)11-5-3-2-4-6-11/h2-6,8,12-14H,7,9H2,1H3,(H,18,20,22)(H2,23,24,25)/t12-,13+,14-/m1/s1. The average Bonchev–Trinajstić information content (AvgIpc) is 3.05. The van der Waals surface area contributed by atoms with Gasteiger partial charge in [-0.1, -0.05) is 42.1 Å². The van der Waals surface area contributed by atoms with Crippen molar-refractivity contribution in [3.63, 3.8) is 0 Å². The predicted octanol–water partition coefficient (Wildman–Crippen LogP) is 1.18. The zero-order valence-corrected chi connectivity index (χ0v) is 17.0. The quantitative estimate of drug-likeness (QED) is 0.561. The van der Waals surface area contributed by atoms with Crippen LogP contribution in [-0.4, -0.2) is 42.4 Å². The van der Waals surface area contributed by atoms with E-state index in [1.807, 2.05) is 0 Å². The molecule has 0 amide bonds. The molecule has 0 saturated carbocycles. The number of carbonyl (C=O) groups excluding carboxylic acids is 1. The minimum Gasteiger partial charge on any atom is -0.351 e. The lowest BCUT2D eigenvalue weighted by molar-refractivity contribution is -0.0236. The third-order valence-electron chi connectivity index (χ3n) is 4.31. The maximum absolute atomic E-state index is 12.6. The molecule has 0 bridgehead atoms. The molecule has 3 atom stereocenters. The Kier molecular flexibility index (Phi) is 6.57. The fraction of sp³-hybridized carbons (Fsp3) is 0.353. The van der Waals surface area contributed by atoms with Crippen LogP contribution in [0, 0.1) is 6.92 Å². The van der Waals surface area contributed by atoms with Crippen LogP contribution in [0.2, 0.25) is 0 Å². The first-order chi connectivity index (χ1) is 13.6. The molecule has 156 valence electrons. The molecule has 1 aliphatic rings. The monoisotopic (exact) mass is 442 g/mol. The second kappa shape index (κ2) is 8.78. The van der Waals surface area contributed by atoms with E-state index in [4.69, 9.17) is 14.5 Å². The number of phosphoric acid groups is 1. The Morgan fingerprint density at radius 2 is 2.03 bits per heavy atom. The van der Waals surface area contributed by atoms with Crippen LogP contribution in [0.15, 0.2) is 46.1 Å². The van der Waals surface area contributed by atoms with Gasteiger partial charge in [-0.25, -0.2) is 9.36 Å². The molecule has 12 heteroatoms. The number of carbonyl (C=O) groups is 1. The van der Waals surface area contributed by atoms with Crippen LogP contribution in [0.1, 0.15) is 28.6 Å². The summed E-state index contributed by atoms with van der Waals surface area (Å²) in [5, 5.41) is -0.774. The topological polar surface area (TPSA) is 148 Å². The van der Waals surface area contributed by atoms with Crippen molar-refractivity contribution in [2.24, 2.45) is 0 Å². The van der Waals surface area contributed by atoms with Crippen LogP contribution in [0.3, 0.4) is 0 Å². The van der Waals surface area contributed by atoms with E-state index in [-0.39, 0.29) is 11.5 Å². The minimum absolute atomic E-state index is 0.198. The highest BCUT2D eigenvalue weighted by Crippen LogP contribution is 2.41. The Hall–Kier alpha value is -2.01. The SMILES string of the molecule is Cc1cn([C@H]2C[C@H](SC(=O)c3ccccc3)[C@@H](COP(=O)(O)O)O2)c(=O)[nH]c1=O. The Morgan fingerprint density at radius 1 is 1.34 bits per heavy atom. The van der Waals surface area contributed by atoms with E-state index < -0.39 is 43.3 Å². The molecule has 3 rings (SSSR count). The molecule has 2 heterocycles. The molecular formula is C17H19N2O8PS. The Balaban J connectivity index is 1.83. The number of thioether (sulfide) groups is 1. The fourth-order valence-electron chi connectivity index (χ4n) is 2.90. The van der Waals surface area contributed by atoms with Gasteiger partial charge in [0.25, 0.3) is 5.56 Å². The molecule has 0 radical (unpaired) electrons. The van der Waals surface area contributed by atoms with Gasteiger partial charge in [0.2, 0.25) is 5.12 Å². The van der Waals surface area contributed by atoms with Crippen molar-refractivity contribution in [2.45, 2.75) is 30.9 Å². The van der Waals surface area contributed by atoms with Gasteiger partial charge in [0.05, 0.1) is 12.7 Å². The summed E-state index contributed by atoms with van der Waals surface area (Å²) in [5.74, 6) is 0. The van der Waals surface area contributed by atoms with E-state index in [1.165, 1.54) is 17.7 Å². The van der Waals surface area contributed by atoms with E-state index in [9.17, 15) is 18.9 Å². The molecule has 3 N–H and O–H groups in total. The number of nitrogens with zero attached hydrogens (tertiary/aromatic N) is 1. The van der Waals surface area contributed by atoms with Crippen LogP contribution >= 0.6 is 19.6 Å². The highest BCUT2D eigenvalue weighted by Gasteiger charge is 2.40. The highest BCUT2D eigenvalue weighted by atomic mass is 32.2. The number of H-pyrrole nitrogens is 1. The number of nitrogens with one attached hydrogen (secondary N) is 1. The molecule has 0 aliphatic carbocycles. The number of phosphoric ester groups is 1. The molecular weight excluding hydrogens is 423 g/mol. The first-order valence-corrected chi connectivity index (χ1v) is 11.0. The summed E-state index contributed by atoms with van der Waals surface area (Å²) < 4.78 is 22.6. The number of aromatic nitrogens is 2. The van der Waals surface area contributed by atoms with Gasteiger partial charge in [-0.15, -0.1) is 0 Å². The number of hydrogen-bond acceptors (Lipinski definition) is 7. The third-order valence-corrected chi connectivity index (χ3v) is 6.05. The van der Waals surface area contributed by atoms with Gasteiger partial charge in [0.1, 0.15) is 6.23 Å². The van der Waals surface area contributed by atoms with Gasteiger partial charge < -0.3 is 14.5 Å². The maximum Gasteiger partial charge on any atom is 0.469 e. The second-order valence-electron chi connectivity index (χ2n) is 6.44. The van der Waals surface area contributed by atoms with Gasteiger partial charge in [-0.2, -0.15) is 0 Å². The molecule has 1 saturated heterocycles. The number of ether oxygens (including phenoxy) is 1. The van der Waals surface area contributed by atoms with Crippen LogP contribution in [-0.2, 0) is 13.8 Å². The van der Waals surface area contributed by atoms with Gasteiger partial charge in [0, 0.05) is 29.0 Å². The van der Waals surface area contributed by atoms with Crippen molar-refractivity contribution in [3.8, 4) is 0 Å². The van der Waals surface area contributed by atoms with Crippen molar-refractivity contribution in [2.75, 3.05) is 6.61 Å². The Bertz CT molecular complexity index is 1050. The van der Waals surface area contributed by atoms with Crippen molar-refractivity contribution < 1.29 is 28.4 Å². The van der Waals surface area contributed by atoms with E-state index in [0.29, 0.717) is 11.1 Å². The fourth-order valence-corrected chi connectivity index (χ4v) is 4.34. The molecule has 1 fully saturated rings. The maximum atomic E-state index is 12.6. The summed E-state index contributed by atoms with van der Waals surface area (Å²) in [4.78, 5) is 56.4. The van der Waals surface area contributed by atoms with Gasteiger partial charge in [-0.3, -0.25) is 23.7 Å². The van der Waals surface area contributed by atoms with E-state index in [1.54, 1.807) is 30.3 Å². The summed E-state index contributed by atoms with van der Waals surface area (Å²) >= 11 is 0.946. The van der Waals surface area contributed by atoms with Gasteiger partial charge in [-0.05, 0) is 6.92 Å². The highest BCUT2D eigenvalue weighted by molar-refractivity contribution is 8.14. The number of aryl methyl sites for hydroxylation is 1. The molecule has 10 nitrogen and oxygen atoms in total. The number of hydrogen-bond donors (Lipinski definition) is 3. The molecule has 0 spiro atoms. The van der Waals surface area contributed by atoms with Crippen molar-refractivity contribution in [1.29, 1.82) is 0 Å². The lowest BCUT2D eigenvalue weighted by atomic mass is 10.2. The first-order valence-electron chi connectivity index (χ1n) is 8.57. The van der Waals surface area contributed by atoms with E-state index >= 15 is 0 Å². The van der Waals surface area contributed by atoms with E-state index in [0.717, 1.165) is 11.8 Å². The zero-order valence-electron chi connectivity index (χ0n) is 15.3. The third kappa shape index (κ3) is 5.53. The number of rotatable bonds is 6. The molecule has 29 heavy (non-hydrogen) atoms. The normalized spacial score (nSPS) is 22.0. The lowest BCUT2D eigenvalue weighted by Gasteiger charge is -2.18. The molecule has 1 aromatic carbocycles. The van der Waals surface area contributed by atoms with Gasteiger partial charge in [0.15, 0.2) is 0 Å². The van der Waals surface area contributed by atoms with Crippen LogP contribution in [0.5, 0.6) is 0 Å². The summed E-state index contributed by atoms with van der Waals surface area (Å²) in [6.07, 6.45) is -0.142. The minimum atomic E-state index is -4.74. The van der Waals surface area contributed by atoms with E-state index in [2.05, 4.69) is 9.51 Å². The summed E-state index contributed by atoms with van der Waals surface area (Å²) in [6.45, 7) is 1.07. The smallest absolute Gasteiger partial charge is 0.351 e. The summed E-state index contributed by atoms with van der Waals surface area (Å²) in [5.41, 5.74) is -0.434. The number of aromatic amines is 1. The average molecular weight is 442 g/mol. The second-order valence-corrected chi connectivity index (χ2v) is 8.89. The van der Waals surface area contributed by atoms with Crippen LogP contribution in [0.25, 0.3) is 0 Å². The van der Waals surface area contributed by atoms with Gasteiger partial charge >= 0.3 is 13.5 Å².